The van der Waals surface area contributed by atoms with Crippen molar-refractivity contribution in [2.45, 2.75) is 50.1 Å². The van der Waals surface area contributed by atoms with E-state index in [0.717, 1.165) is 25.5 Å². The van der Waals surface area contributed by atoms with Crippen molar-refractivity contribution in [2.75, 3.05) is 20.1 Å². The van der Waals surface area contributed by atoms with Crippen LogP contribution in [0.3, 0.4) is 0 Å². The van der Waals surface area contributed by atoms with E-state index in [-0.39, 0.29) is 4.90 Å². The Kier molecular flexibility index (Phi) is 6.52. The van der Waals surface area contributed by atoms with Crippen molar-refractivity contribution in [3.05, 3.63) is 47.8 Å². The molecule has 0 bridgehead atoms. The highest BCUT2D eigenvalue weighted by Gasteiger charge is 2.28. The molecule has 0 radical (unpaired) electrons. The number of rotatable bonds is 5. The van der Waals surface area contributed by atoms with Gasteiger partial charge in [-0.15, -0.1) is 0 Å². The number of benzene rings is 1. The number of likely N-dealkylation sites (tertiary alicyclic amines) is 1. The average molecular weight is 433 g/mol. The number of aliphatic imine (C=N–C) groups is 1. The number of nitrogens with zero attached hydrogens (tertiary/aromatic N) is 4. The quantitative estimate of drug-likeness (QED) is 0.557. The maximum atomic E-state index is 12.9. The van der Waals surface area contributed by atoms with Crippen LogP contribution in [0.1, 0.15) is 44.2 Å². The molecule has 0 amide bonds. The molecule has 1 aromatic heterocycles. The van der Waals surface area contributed by atoms with E-state index in [1.54, 1.807) is 19.2 Å². The number of aromatic nitrogens is 2. The fourth-order valence-electron chi connectivity index (χ4n) is 3.75. The van der Waals surface area contributed by atoms with Crippen molar-refractivity contribution in [1.29, 1.82) is 0 Å². The summed E-state index contributed by atoms with van der Waals surface area (Å²) >= 11 is 0. The molecule has 9 heteroatoms. The summed E-state index contributed by atoms with van der Waals surface area (Å²) in [7, 11) is 0.0633. The van der Waals surface area contributed by atoms with Gasteiger partial charge in [-0.2, -0.15) is 5.10 Å². The molecule has 0 saturated carbocycles. The highest BCUT2D eigenvalue weighted by Crippen LogP contribution is 2.27. The van der Waals surface area contributed by atoms with Crippen molar-refractivity contribution in [3.63, 3.8) is 0 Å². The number of hydrogen-bond donors (Lipinski definition) is 2. The Bertz CT molecular complexity index is 1010. The van der Waals surface area contributed by atoms with Gasteiger partial charge in [0.25, 0.3) is 0 Å². The van der Waals surface area contributed by atoms with Gasteiger partial charge in [0.2, 0.25) is 10.0 Å². The minimum atomic E-state index is -3.62. The van der Waals surface area contributed by atoms with E-state index in [2.05, 4.69) is 31.2 Å². The normalized spacial score (nSPS) is 18.1. The van der Waals surface area contributed by atoms with Crippen molar-refractivity contribution < 1.29 is 8.42 Å². The number of hydrogen-bond acceptors (Lipinski definition) is 4. The topological polar surface area (TPSA) is 91.6 Å². The Hall–Kier alpha value is -2.39. The highest BCUT2D eigenvalue weighted by molar-refractivity contribution is 7.89. The molecule has 1 aliphatic rings. The van der Waals surface area contributed by atoms with Gasteiger partial charge >= 0.3 is 0 Å². The predicted molar refractivity (Wildman–Crippen MR) is 119 cm³/mol. The van der Waals surface area contributed by atoms with Crippen molar-refractivity contribution >= 4 is 16.0 Å². The van der Waals surface area contributed by atoms with Gasteiger partial charge in [0, 0.05) is 51.4 Å². The molecule has 2 aromatic rings. The van der Waals surface area contributed by atoms with Gasteiger partial charge in [0.15, 0.2) is 5.96 Å². The first-order valence-electron chi connectivity index (χ1n) is 10.1. The van der Waals surface area contributed by atoms with Gasteiger partial charge in [-0.3, -0.25) is 9.67 Å². The summed E-state index contributed by atoms with van der Waals surface area (Å²) in [5.41, 5.74) is 1.39. The summed E-state index contributed by atoms with van der Waals surface area (Å²) in [4.78, 5) is 6.92. The zero-order chi connectivity index (χ0) is 21.9. The molecular formula is C21H32N6O2S. The summed E-state index contributed by atoms with van der Waals surface area (Å²) in [6.07, 6.45) is 5.02. The molecule has 0 spiro atoms. The van der Waals surface area contributed by atoms with Crippen LogP contribution in [0, 0.1) is 0 Å². The first kappa shape index (κ1) is 22.3. The van der Waals surface area contributed by atoms with Crippen molar-refractivity contribution in [1.82, 2.24) is 24.7 Å². The number of sulfonamides is 1. The lowest BCUT2D eigenvalue weighted by Gasteiger charge is -2.23. The van der Waals surface area contributed by atoms with E-state index >= 15 is 0 Å². The molecule has 2 heterocycles. The lowest BCUT2D eigenvalue weighted by atomic mass is 10.0. The van der Waals surface area contributed by atoms with Gasteiger partial charge < -0.3 is 10.2 Å². The summed E-state index contributed by atoms with van der Waals surface area (Å²) in [6, 6.07) is 7.07. The summed E-state index contributed by atoms with van der Waals surface area (Å²) in [6.45, 7) is 7.63. The molecule has 164 valence electrons. The van der Waals surface area contributed by atoms with E-state index in [1.165, 1.54) is 5.56 Å². The van der Waals surface area contributed by atoms with Gasteiger partial charge in [0.05, 0.1) is 11.1 Å². The van der Waals surface area contributed by atoms with Crippen molar-refractivity contribution in [3.8, 4) is 0 Å². The van der Waals surface area contributed by atoms with E-state index in [0.29, 0.717) is 18.0 Å². The molecule has 1 aromatic carbocycles. The van der Waals surface area contributed by atoms with Crippen LogP contribution < -0.4 is 10.0 Å². The van der Waals surface area contributed by atoms with Gasteiger partial charge in [-0.1, -0.05) is 18.2 Å². The third-order valence-corrected chi connectivity index (χ3v) is 6.89. The Morgan fingerprint density at radius 2 is 2.03 bits per heavy atom. The lowest BCUT2D eigenvalue weighted by Crippen LogP contribution is -2.42. The van der Waals surface area contributed by atoms with Gasteiger partial charge in [-0.05, 0) is 44.4 Å². The van der Waals surface area contributed by atoms with Crippen LogP contribution in [-0.2, 0) is 23.6 Å². The smallest absolute Gasteiger partial charge is 0.241 e. The molecule has 1 atom stereocenters. The van der Waals surface area contributed by atoms with Gasteiger partial charge in [-0.25, -0.2) is 13.1 Å². The minimum Gasteiger partial charge on any atom is -0.352 e. The van der Waals surface area contributed by atoms with Crippen LogP contribution in [-0.4, -0.2) is 54.7 Å². The molecule has 1 fully saturated rings. The number of aryl methyl sites for hydroxylation is 1. The van der Waals surface area contributed by atoms with Crippen LogP contribution in [0.15, 0.2) is 46.5 Å². The van der Waals surface area contributed by atoms with Crippen LogP contribution in [0.2, 0.25) is 0 Å². The largest absolute Gasteiger partial charge is 0.352 e. The summed E-state index contributed by atoms with van der Waals surface area (Å²) in [5, 5.41) is 7.62. The first-order chi connectivity index (χ1) is 14.1. The molecular weight excluding hydrogens is 400 g/mol. The minimum absolute atomic E-state index is 0.289. The molecule has 0 aliphatic carbocycles. The molecule has 8 nitrogen and oxygen atoms in total. The Morgan fingerprint density at radius 1 is 1.30 bits per heavy atom. The fraction of sp³-hybridized carbons (Fsp3) is 0.524. The van der Waals surface area contributed by atoms with E-state index < -0.39 is 15.6 Å². The maximum Gasteiger partial charge on any atom is 0.241 e. The number of guanidine groups is 1. The monoisotopic (exact) mass is 432 g/mol. The second kappa shape index (κ2) is 8.77. The van der Waals surface area contributed by atoms with Gasteiger partial charge in [0.1, 0.15) is 0 Å². The summed E-state index contributed by atoms with van der Waals surface area (Å²) < 4.78 is 30.3. The van der Waals surface area contributed by atoms with Crippen LogP contribution in [0.5, 0.6) is 0 Å². The Balaban J connectivity index is 1.69. The highest BCUT2D eigenvalue weighted by atomic mass is 32.2. The SMILES string of the molecule is CN=C(NCc1ccccc1S(=O)(=O)NC(C)(C)C)N1CCC(c2cnn(C)c2)C1. The third-order valence-electron chi connectivity index (χ3n) is 5.04. The molecule has 1 unspecified atom stereocenters. The zero-order valence-electron chi connectivity index (χ0n) is 18.4. The summed E-state index contributed by atoms with van der Waals surface area (Å²) in [5.74, 6) is 1.19. The second-order valence-corrected chi connectivity index (χ2v) is 10.4. The predicted octanol–water partition coefficient (Wildman–Crippen LogP) is 2.06. The maximum absolute atomic E-state index is 12.9. The standard InChI is InChI=1S/C21H32N6O2S/c1-21(2,3)25-30(28,29)19-9-7-6-8-16(19)12-23-20(22-4)27-11-10-17(15-27)18-13-24-26(5)14-18/h6-9,13-14,17,25H,10-12,15H2,1-5H3,(H,22,23). The zero-order valence-corrected chi connectivity index (χ0v) is 19.2. The molecule has 30 heavy (non-hydrogen) atoms. The van der Waals surface area contributed by atoms with Crippen LogP contribution >= 0.6 is 0 Å². The Labute approximate surface area is 179 Å². The van der Waals surface area contributed by atoms with E-state index in [4.69, 9.17) is 0 Å². The molecule has 3 rings (SSSR count). The average Bonchev–Trinajstić information content (AvgIpc) is 3.30. The fourth-order valence-corrected chi connectivity index (χ4v) is 5.41. The van der Waals surface area contributed by atoms with Crippen LogP contribution in [0.25, 0.3) is 0 Å². The lowest BCUT2D eigenvalue weighted by molar-refractivity contribution is 0.483. The number of nitrogens with one attached hydrogen (secondary N) is 2. The van der Waals surface area contributed by atoms with Crippen LogP contribution in [0.4, 0.5) is 0 Å². The molecule has 1 saturated heterocycles. The Morgan fingerprint density at radius 3 is 2.67 bits per heavy atom. The van der Waals surface area contributed by atoms with Crippen molar-refractivity contribution in [2.24, 2.45) is 12.0 Å². The molecule has 2 N–H and O–H groups in total. The third kappa shape index (κ3) is 5.40. The first-order valence-corrected chi connectivity index (χ1v) is 11.6. The molecule has 1 aliphatic heterocycles. The van der Waals surface area contributed by atoms with E-state index in [9.17, 15) is 8.42 Å². The second-order valence-electron chi connectivity index (χ2n) is 8.74. The van der Waals surface area contributed by atoms with E-state index in [1.807, 2.05) is 50.8 Å².